The first-order valence-corrected chi connectivity index (χ1v) is 13.7. The van der Waals surface area contributed by atoms with Gasteiger partial charge in [-0.05, 0) is 66.0 Å². The summed E-state index contributed by atoms with van der Waals surface area (Å²) in [5, 5.41) is 40.2. The first-order chi connectivity index (χ1) is 22.4. The Morgan fingerprint density at radius 2 is 1.61 bits per heavy atom. The molecule has 0 aliphatic carbocycles. The summed E-state index contributed by atoms with van der Waals surface area (Å²) in [4.78, 5) is 34.9. The Morgan fingerprint density at radius 1 is 0.891 bits per heavy atom. The summed E-state index contributed by atoms with van der Waals surface area (Å²) in [6.07, 6.45) is 4.30. The molecule has 0 radical (unpaired) electrons. The predicted octanol–water partition coefficient (Wildman–Crippen LogP) is 6.32. The molecule has 0 bridgehead atoms. The number of fused-ring (bicyclic) bond motifs is 1. The molecule has 4 aromatic carbocycles. The number of aromatic nitrogens is 4. The van der Waals surface area contributed by atoms with E-state index in [1.54, 1.807) is 72.8 Å². The summed E-state index contributed by atoms with van der Waals surface area (Å²) in [6.45, 7) is 0. The van der Waals surface area contributed by atoms with Crippen LogP contribution in [0.15, 0.2) is 114 Å². The monoisotopic (exact) mass is 609 g/mol. The Balaban J connectivity index is 1.45. The van der Waals surface area contributed by atoms with Crippen molar-refractivity contribution in [1.29, 1.82) is 5.26 Å². The maximum Gasteiger partial charge on any atom is 0.259 e. The number of phenols is 1. The van der Waals surface area contributed by atoms with Crippen molar-refractivity contribution in [3.63, 3.8) is 0 Å². The smallest absolute Gasteiger partial charge is 0.259 e. The van der Waals surface area contributed by atoms with Crippen molar-refractivity contribution in [2.24, 2.45) is 10.2 Å². The van der Waals surface area contributed by atoms with E-state index < -0.39 is 11.7 Å². The molecule has 0 unspecified atom stereocenters. The van der Waals surface area contributed by atoms with Gasteiger partial charge in [0, 0.05) is 34.7 Å². The van der Waals surface area contributed by atoms with Gasteiger partial charge >= 0.3 is 0 Å². The number of hydrogen-bond donors (Lipinski definition) is 3. The zero-order valence-electron chi connectivity index (χ0n) is 24.1. The lowest BCUT2D eigenvalue weighted by Gasteiger charge is -2.13. The number of hydrogen-bond acceptors (Lipinski definition) is 10. The summed E-state index contributed by atoms with van der Waals surface area (Å²) >= 11 is 0. The van der Waals surface area contributed by atoms with E-state index in [1.165, 1.54) is 36.4 Å². The number of aromatic hydroxyl groups is 1. The minimum atomic E-state index is -0.638. The second-order valence-corrected chi connectivity index (χ2v) is 9.71. The quantitative estimate of drug-likeness (QED) is 0.168. The number of amides is 2. The minimum Gasteiger partial charge on any atom is -0.505 e. The van der Waals surface area contributed by atoms with E-state index in [0.717, 1.165) is 0 Å². The number of ether oxygens (including phenoxy) is 1. The molecule has 224 valence electrons. The van der Waals surface area contributed by atoms with Crippen molar-refractivity contribution in [1.82, 2.24) is 19.7 Å². The van der Waals surface area contributed by atoms with Gasteiger partial charge < -0.3 is 20.5 Å². The minimum absolute atomic E-state index is 0.00759. The first-order valence-electron chi connectivity index (χ1n) is 13.7. The molecule has 2 aromatic heterocycles. The highest BCUT2D eigenvalue weighted by Crippen LogP contribution is 2.40. The number of azo groups is 1. The highest BCUT2D eigenvalue weighted by atomic mass is 16.5. The first kappa shape index (κ1) is 29.1. The Labute approximate surface area is 261 Å². The number of carbonyl (C=O) groups is 2. The van der Waals surface area contributed by atoms with E-state index in [4.69, 9.17) is 4.74 Å². The molecular weight excluding hydrogens is 586 g/mol. The number of nitrogens with zero attached hydrogens (tertiary/aromatic N) is 7. The molecule has 0 saturated carbocycles. The van der Waals surface area contributed by atoms with Gasteiger partial charge in [0.15, 0.2) is 11.6 Å². The van der Waals surface area contributed by atoms with Crippen molar-refractivity contribution in [2.45, 2.75) is 0 Å². The van der Waals surface area contributed by atoms with Crippen molar-refractivity contribution in [2.75, 3.05) is 17.7 Å². The average molecular weight is 610 g/mol. The molecule has 6 rings (SSSR count). The maximum absolute atomic E-state index is 13.5. The SMILES string of the molecule is COc1ccc(NC(=O)c2cc3cc(C(=O)Nc4ccccc4)ccc3c(N=Nc3c(C#N)cnn3-c3ncccn3)c2O)cc1. The van der Waals surface area contributed by atoms with Crippen LogP contribution in [0.3, 0.4) is 0 Å². The second-order valence-electron chi connectivity index (χ2n) is 9.71. The average Bonchev–Trinajstić information content (AvgIpc) is 3.51. The lowest BCUT2D eigenvalue weighted by molar-refractivity contribution is 0.101. The lowest BCUT2D eigenvalue weighted by atomic mass is 10.0. The Hall–Kier alpha value is -6.94. The predicted molar refractivity (Wildman–Crippen MR) is 169 cm³/mol. The number of carbonyl (C=O) groups excluding carboxylic acids is 2. The van der Waals surface area contributed by atoms with Crippen molar-refractivity contribution < 1.29 is 19.4 Å². The van der Waals surface area contributed by atoms with E-state index in [-0.39, 0.29) is 34.5 Å². The number of nitrogens with one attached hydrogen (secondary N) is 2. The van der Waals surface area contributed by atoms with Gasteiger partial charge in [0.25, 0.3) is 17.8 Å². The van der Waals surface area contributed by atoms with Crippen LogP contribution < -0.4 is 15.4 Å². The van der Waals surface area contributed by atoms with Crippen LogP contribution in [0.1, 0.15) is 26.3 Å². The highest BCUT2D eigenvalue weighted by molar-refractivity contribution is 6.13. The van der Waals surface area contributed by atoms with E-state index in [1.807, 2.05) is 12.1 Å². The topological polar surface area (TPSA) is 180 Å². The Morgan fingerprint density at radius 3 is 2.33 bits per heavy atom. The van der Waals surface area contributed by atoms with Crippen LogP contribution in [-0.2, 0) is 0 Å². The molecule has 0 aliphatic rings. The van der Waals surface area contributed by atoms with Crippen molar-refractivity contribution in [3.05, 3.63) is 120 Å². The molecule has 0 fully saturated rings. The molecule has 2 amide bonds. The normalized spacial score (nSPS) is 10.9. The number of nitriles is 1. The lowest BCUT2D eigenvalue weighted by Crippen LogP contribution is -2.13. The fourth-order valence-electron chi connectivity index (χ4n) is 4.55. The molecule has 2 heterocycles. The zero-order valence-corrected chi connectivity index (χ0v) is 24.1. The Bertz CT molecular complexity index is 2140. The van der Waals surface area contributed by atoms with Gasteiger partial charge in [-0.1, -0.05) is 24.3 Å². The fourth-order valence-corrected chi connectivity index (χ4v) is 4.55. The summed E-state index contributed by atoms with van der Waals surface area (Å²) in [7, 11) is 1.53. The molecule has 0 aliphatic heterocycles. The molecule has 3 N–H and O–H groups in total. The second kappa shape index (κ2) is 12.7. The molecule has 13 nitrogen and oxygen atoms in total. The van der Waals surface area contributed by atoms with Crippen LogP contribution in [0.2, 0.25) is 0 Å². The third-order valence-corrected chi connectivity index (χ3v) is 6.82. The van der Waals surface area contributed by atoms with E-state index >= 15 is 0 Å². The molecule has 6 aromatic rings. The van der Waals surface area contributed by atoms with Crippen LogP contribution in [0.5, 0.6) is 11.5 Å². The van der Waals surface area contributed by atoms with Gasteiger partial charge in [-0.15, -0.1) is 10.2 Å². The van der Waals surface area contributed by atoms with Crippen LogP contribution in [0, 0.1) is 11.3 Å². The molecule has 46 heavy (non-hydrogen) atoms. The molecule has 0 spiro atoms. The third-order valence-electron chi connectivity index (χ3n) is 6.82. The largest absolute Gasteiger partial charge is 0.505 e. The van der Waals surface area contributed by atoms with Gasteiger partial charge in [0.1, 0.15) is 23.1 Å². The fraction of sp³-hybridized carbons (Fsp3) is 0.0303. The van der Waals surface area contributed by atoms with Crippen LogP contribution in [0.4, 0.5) is 22.9 Å². The third kappa shape index (κ3) is 5.94. The molecule has 0 atom stereocenters. The van der Waals surface area contributed by atoms with Gasteiger partial charge in [-0.25, -0.2) is 9.97 Å². The summed E-state index contributed by atoms with van der Waals surface area (Å²) in [5.74, 6) is -0.724. The maximum atomic E-state index is 13.5. The summed E-state index contributed by atoms with van der Waals surface area (Å²) in [5.41, 5.74) is 1.25. The summed E-state index contributed by atoms with van der Waals surface area (Å²) in [6, 6.07) is 25.5. The number of methoxy groups -OCH3 is 1. The van der Waals surface area contributed by atoms with Gasteiger partial charge in [0.2, 0.25) is 0 Å². The van der Waals surface area contributed by atoms with Crippen molar-refractivity contribution >= 4 is 45.5 Å². The zero-order chi connectivity index (χ0) is 32.0. The van der Waals surface area contributed by atoms with Crippen LogP contribution in [-0.4, -0.2) is 43.8 Å². The standard InChI is InChI=1S/C33H23N9O4/c1-46-25-11-9-24(10-12-25)39-32(45)27-17-21-16-20(31(44)38-23-6-3-2-4-7-23)8-13-26(21)28(29(27)43)40-41-30-22(18-34)19-37-42(30)33-35-14-5-15-36-33/h2-17,19,43H,1H3,(H,38,44)(H,39,45). The number of rotatable bonds is 8. The van der Waals surface area contributed by atoms with Crippen LogP contribution in [0.25, 0.3) is 16.7 Å². The Kier molecular flexibility index (Phi) is 8.07. The molecule has 13 heteroatoms. The van der Waals surface area contributed by atoms with E-state index in [0.29, 0.717) is 33.5 Å². The molecule has 0 saturated heterocycles. The van der Waals surface area contributed by atoms with Crippen LogP contribution >= 0.6 is 0 Å². The number of anilines is 2. The van der Waals surface area contributed by atoms with Crippen molar-refractivity contribution in [3.8, 4) is 23.5 Å². The number of benzene rings is 4. The summed E-state index contributed by atoms with van der Waals surface area (Å²) < 4.78 is 6.41. The van der Waals surface area contributed by atoms with Gasteiger partial charge in [-0.3, -0.25) is 9.59 Å². The molecular formula is C33H23N9O4. The highest BCUT2D eigenvalue weighted by Gasteiger charge is 2.21. The van der Waals surface area contributed by atoms with E-state index in [9.17, 15) is 20.0 Å². The van der Waals surface area contributed by atoms with Gasteiger partial charge in [-0.2, -0.15) is 15.0 Å². The number of phenolic OH excluding ortho intramolecular Hbond substituents is 1. The number of para-hydroxylation sites is 1. The van der Waals surface area contributed by atoms with E-state index in [2.05, 4.69) is 35.9 Å². The van der Waals surface area contributed by atoms with Gasteiger partial charge in [0.05, 0.1) is 18.9 Å².